The largest absolute Gasteiger partial charge is 0.328 e. The summed E-state index contributed by atoms with van der Waals surface area (Å²) in [6.07, 6.45) is 5.41. The normalized spacial score (nSPS) is 24.9. The van der Waals surface area contributed by atoms with Crippen molar-refractivity contribution in [3.8, 4) is 0 Å². The average molecular weight is 300 g/mol. The number of Topliss-reactive ketones (excluding diaryl/α,β-unsaturated/α-hetero) is 1. The van der Waals surface area contributed by atoms with E-state index in [0.717, 1.165) is 36.7 Å². The van der Waals surface area contributed by atoms with Gasteiger partial charge in [0.2, 0.25) is 0 Å². The predicted octanol–water partition coefficient (Wildman–Crippen LogP) is 2.37. The van der Waals surface area contributed by atoms with E-state index in [2.05, 4.69) is 21.0 Å². The van der Waals surface area contributed by atoms with E-state index in [0.29, 0.717) is 5.69 Å². The molecule has 5 heteroatoms. The van der Waals surface area contributed by atoms with Crippen molar-refractivity contribution in [2.75, 3.05) is 0 Å². The fraction of sp³-hybridized carbons (Fsp3) is 0.667. The number of rotatable bonds is 3. The van der Waals surface area contributed by atoms with E-state index < -0.39 is 0 Å². The van der Waals surface area contributed by atoms with Crippen molar-refractivity contribution in [2.45, 2.75) is 45.2 Å². The average Bonchev–Trinajstić information content (AvgIpc) is 2.70. The molecule has 0 unspecified atom stereocenters. The second kappa shape index (κ2) is 5.31. The minimum absolute atomic E-state index is 0.119. The van der Waals surface area contributed by atoms with Crippen molar-refractivity contribution in [3.05, 3.63) is 16.4 Å². The van der Waals surface area contributed by atoms with Gasteiger partial charge in [0.25, 0.3) is 0 Å². The maximum absolute atomic E-state index is 12.4. The minimum atomic E-state index is 0.119. The summed E-state index contributed by atoms with van der Waals surface area (Å²) in [5.74, 6) is 0.330. The Bertz CT molecular complexity index is 408. The first kappa shape index (κ1) is 12.8. The number of carbonyl (C=O) groups excluding carboxylic acids is 1. The quantitative estimate of drug-likeness (QED) is 0.872. The number of aryl methyl sites for hydroxylation is 1. The Balaban J connectivity index is 2.16. The Morgan fingerprint density at radius 3 is 2.76 bits per heavy atom. The van der Waals surface area contributed by atoms with Gasteiger partial charge in [0.15, 0.2) is 5.78 Å². The summed E-state index contributed by atoms with van der Waals surface area (Å²) in [7, 11) is 0. The number of halogens is 1. The molecule has 0 radical (unpaired) electrons. The van der Waals surface area contributed by atoms with Crippen molar-refractivity contribution in [1.29, 1.82) is 0 Å². The Labute approximate surface area is 110 Å². The summed E-state index contributed by atoms with van der Waals surface area (Å²) in [4.78, 5) is 12.4. The zero-order valence-electron chi connectivity index (χ0n) is 10.0. The molecule has 2 N–H and O–H groups in total. The van der Waals surface area contributed by atoms with Gasteiger partial charge in [0, 0.05) is 18.5 Å². The zero-order chi connectivity index (χ0) is 12.4. The maximum atomic E-state index is 12.4. The van der Waals surface area contributed by atoms with Gasteiger partial charge in [0.05, 0.1) is 10.7 Å². The molecule has 1 aromatic heterocycles. The molecule has 1 fully saturated rings. The summed E-state index contributed by atoms with van der Waals surface area (Å²) in [5, 5.41) is 4.19. The van der Waals surface area contributed by atoms with Crippen molar-refractivity contribution >= 4 is 21.7 Å². The molecule has 0 spiro atoms. The van der Waals surface area contributed by atoms with Crippen LogP contribution >= 0.6 is 15.9 Å². The van der Waals surface area contributed by atoms with Crippen LogP contribution in [0.1, 0.15) is 43.1 Å². The summed E-state index contributed by atoms with van der Waals surface area (Å²) >= 11 is 3.41. The summed E-state index contributed by atoms with van der Waals surface area (Å²) in [6.45, 7) is 2.71. The first-order valence-corrected chi connectivity index (χ1v) is 6.93. The predicted molar refractivity (Wildman–Crippen MR) is 69.9 cm³/mol. The fourth-order valence-electron chi connectivity index (χ4n) is 2.42. The number of hydrogen-bond acceptors (Lipinski definition) is 3. The van der Waals surface area contributed by atoms with Gasteiger partial charge in [-0.2, -0.15) is 5.10 Å². The Kier molecular flexibility index (Phi) is 3.99. The van der Waals surface area contributed by atoms with Crippen LogP contribution in [-0.2, 0) is 6.54 Å². The van der Waals surface area contributed by atoms with E-state index in [1.165, 1.54) is 0 Å². The van der Waals surface area contributed by atoms with Gasteiger partial charge in [-0.1, -0.05) is 0 Å². The topological polar surface area (TPSA) is 60.9 Å². The SMILES string of the molecule is CCn1ncc(Br)c1C(=O)C1CCC(N)CC1. The van der Waals surface area contributed by atoms with E-state index in [4.69, 9.17) is 5.73 Å². The number of aromatic nitrogens is 2. The van der Waals surface area contributed by atoms with Crippen LogP contribution in [0.2, 0.25) is 0 Å². The molecule has 1 heterocycles. The van der Waals surface area contributed by atoms with Crippen LogP contribution < -0.4 is 5.73 Å². The highest BCUT2D eigenvalue weighted by Gasteiger charge is 2.28. The zero-order valence-corrected chi connectivity index (χ0v) is 11.6. The van der Waals surface area contributed by atoms with Gasteiger partial charge in [-0.05, 0) is 48.5 Å². The van der Waals surface area contributed by atoms with Gasteiger partial charge in [-0.15, -0.1) is 0 Å². The van der Waals surface area contributed by atoms with Crippen LogP contribution in [-0.4, -0.2) is 21.6 Å². The lowest BCUT2D eigenvalue weighted by atomic mass is 9.83. The monoisotopic (exact) mass is 299 g/mol. The van der Waals surface area contributed by atoms with E-state index >= 15 is 0 Å². The van der Waals surface area contributed by atoms with Gasteiger partial charge in [-0.25, -0.2) is 0 Å². The second-order valence-electron chi connectivity index (χ2n) is 4.63. The third-order valence-corrected chi connectivity index (χ3v) is 4.05. The second-order valence-corrected chi connectivity index (χ2v) is 5.49. The van der Waals surface area contributed by atoms with Crippen molar-refractivity contribution in [1.82, 2.24) is 9.78 Å². The van der Waals surface area contributed by atoms with E-state index in [1.54, 1.807) is 10.9 Å². The Hall–Kier alpha value is -0.680. The van der Waals surface area contributed by atoms with Crippen molar-refractivity contribution in [3.63, 3.8) is 0 Å². The molecule has 1 saturated carbocycles. The number of nitrogens with two attached hydrogens (primary N) is 1. The number of nitrogens with zero attached hydrogens (tertiary/aromatic N) is 2. The molecule has 2 rings (SSSR count). The van der Waals surface area contributed by atoms with Crippen LogP contribution in [0, 0.1) is 5.92 Å². The molecular weight excluding hydrogens is 282 g/mol. The Morgan fingerprint density at radius 2 is 2.18 bits per heavy atom. The third kappa shape index (κ3) is 2.60. The Morgan fingerprint density at radius 1 is 1.53 bits per heavy atom. The molecule has 4 nitrogen and oxygen atoms in total. The fourth-order valence-corrected chi connectivity index (χ4v) is 2.91. The summed E-state index contributed by atoms with van der Waals surface area (Å²) in [6, 6.07) is 0.276. The van der Waals surface area contributed by atoms with Gasteiger partial charge in [0.1, 0.15) is 5.69 Å². The van der Waals surface area contributed by atoms with Gasteiger partial charge in [-0.3, -0.25) is 9.48 Å². The van der Waals surface area contributed by atoms with Crippen LogP contribution in [0.25, 0.3) is 0 Å². The summed E-state index contributed by atoms with van der Waals surface area (Å²) < 4.78 is 2.57. The molecule has 0 atom stereocenters. The van der Waals surface area contributed by atoms with E-state index in [9.17, 15) is 4.79 Å². The van der Waals surface area contributed by atoms with E-state index in [-0.39, 0.29) is 17.7 Å². The van der Waals surface area contributed by atoms with Crippen molar-refractivity contribution < 1.29 is 4.79 Å². The first-order valence-electron chi connectivity index (χ1n) is 6.14. The number of hydrogen-bond donors (Lipinski definition) is 1. The lowest BCUT2D eigenvalue weighted by Gasteiger charge is -2.25. The van der Waals surface area contributed by atoms with Crippen LogP contribution in [0.5, 0.6) is 0 Å². The molecule has 94 valence electrons. The van der Waals surface area contributed by atoms with Gasteiger partial charge < -0.3 is 5.73 Å². The highest BCUT2D eigenvalue weighted by molar-refractivity contribution is 9.10. The lowest BCUT2D eigenvalue weighted by molar-refractivity contribution is 0.0872. The standard InChI is InChI=1S/C12H18BrN3O/c1-2-16-11(10(13)7-15-16)12(17)8-3-5-9(14)6-4-8/h7-9H,2-6,14H2,1H3. The molecule has 0 bridgehead atoms. The molecule has 0 saturated heterocycles. The van der Waals surface area contributed by atoms with Gasteiger partial charge >= 0.3 is 0 Å². The lowest BCUT2D eigenvalue weighted by Crippen LogP contribution is -2.30. The number of carbonyl (C=O) groups is 1. The molecule has 0 amide bonds. The summed E-state index contributed by atoms with van der Waals surface area (Å²) in [5.41, 5.74) is 6.58. The molecule has 1 aliphatic carbocycles. The molecular formula is C12H18BrN3O. The highest BCUT2D eigenvalue weighted by atomic mass is 79.9. The number of ketones is 1. The van der Waals surface area contributed by atoms with Crippen LogP contribution in [0.15, 0.2) is 10.7 Å². The molecule has 0 aromatic carbocycles. The maximum Gasteiger partial charge on any atom is 0.185 e. The molecule has 1 aliphatic rings. The molecule has 1 aromatic rings. The van der Waals surface area contributed by atoms with Crippen LogP contribution in [0.3, 0.4) is 0 Å². The van der Waals surface area contributed by atoms with E-state index in [1.807, 2.05) is 6.92 Å². The highest BCUT2D eigenvalue weighted by Crippen LogP contribution is 2.29. The smallest absolute Gasteiger partial charge is 0.185 e. The van der Waals surface area contributed by atoms with Crippen molar-refractivity contribution in [2.24, 2.45) is 11.7 Å². The molecule has 17 heavy (non-hydrogen) atoms. The van der Waals surface area contributed by atoms with Crippen LogP contribution in [0.4, 0.5) is 0 Å². The minimum Gasteiger partial charge on any atom is -0.328 e. The third-order valence-electron chi connectivity index (χ3n) is 3.47. The molecule has 0 aliphatic heterocycles. The first-order chi connectivity index (χ1) is 8.13.